The molecule has 1 nitrogen and oxygen atoms in total. The van der Waals surface area contributed by atoms with Crippen molar-refractivity contribution in [3.05, 3.63) is 0 Å². The Balaban J connectivity index is 2.15. The standard InChI is InChI=1S/C10H20O/c1-8(2)6-7-9-4-3-5-10(9)11/h8-11H,3-7H2,1-2H3. The van der Waals surface area contributed by atoms with E-state index in [1.807, 2.05) is 0 Å². The molecule has 0 saturated heterocycles. The molecule has 1 fully saturated rings. The van der Waals surface area contributed by atoms with E-state index in [9.17, 15) is 5.11 Å². The van der Waals surface area contributed by atoms with Crippen molar-refractivity contribution in [2.45, 2.75) is 52.1 Å². The Morgan fingerprint density at radius 3 is 2.55 bits per heavy atom. The Morgan fingerprint density at radius 2 is 2.09 bits per heavy atom. The maximum Gasteiger partial charge on any atom is 0.0568 e. The van der Waals surface area contributed by atoms with E-state index in [2.05, 4.69) is 13.8 Å². The summed E-state index contributed by atoms with van der Waals surface area (Å²) in [4.78, 5) is 0. The van der Waals surface area contributed by atoms with Gasteiger partial charge in [-0.25, -0.2) is 0 Å². The van der Waals surface area contributed by atoms with Gasteiger partial charge in [-0.3, -0.25) is 0 Å². The second-order valence-electron chi connectivity index (χ2n) is 4.23. The van der Waals surface area contributed by atoms with Crippen LogP contribution in [0.2, 0.25) is 0 Å². The quantitative estimate of drug-likeness (QED) is 0.666. The molecule has 0 amide bonds. The largest absolute Gasteiger partial charge is 0.393 e. The van der Waals surface area contributed by atoms with Crippen LogP contribution in [0.3, 0.4) is 0 Å². The summed E-state index contributed by atoms with van der Waals surface area (Å²) in [6.45, 7) is 4.50. The SMILES string of the molecule is CC(C)CCC1CCCC1O. The van der Waals surface area contributed by atoms with Crippen LogP contribution in [0.1, 0.15) is 46.0 Å². The molecule has 0 bridgehead atoms. The molecular formula is C10H20O. The number of rotatable bonds is 3. The molecule has 1 heteroatoms. The highest BCUT2D eigenvalue weighted by atomic mass is 16.3. The average molecular weight is 156 g/mol. The van der Waals surface area contributed by atoms with Crippen LogP contribution in [0.4, 0.5) is 0 Å². The Kier molecular flexibility index (Phi) is 3.38. The smallest absolute Gasteiger partial charge is 0.0568 e. The summed E-state index contributed by atoms with van der Waals surface area (Å²) in [5.41, 5.74) is 0. The van der Waals surface area contributed by atoms with Gasteiger partial charge in [0, 0.05) is 0 Å². The number of hydrogen-bond acceptors (Lipinski definition) is 1. The summed E-state index contributed by atoms with van der Waals surface area (Å²) in [6.07, 6.45) is 6.08. The van der Waals surface area contributed by atoms with Crippen molar-refractivity contribution in [3.63, 3.8) is 0 Å². The van der Waals surface area contributed by atoms with Gasteiger partial charge in [0.25, 0.3) is 0 Å². The van der Waals surface area contributed by atoms with Gasteiger partial charge in [0.1, 0.15) is 0 Å². The predicted octanol–water partition coefficient (Wildman–Crippen LogP) is 2.58. The molecule has 0 radical (unpaired) electrons. The lowest BCUT2D eigenvalue weighted by Gasteiger charge is -2.14. The molecule has 66 valence electrons. The summed E-state index contributed by atoms with van der Waals surface area (Å²) in [5.74, 6) is 1.42. The molecular weight excluding hydrogens is 136 g/mol. The van der Waals surface area contributed by atoms with Crippen molar-refractivity contribution < 1.29 is 5.11 Å². The number of aliphatic hydroxyl groups excluding tert-OH is 1. The zero-order valence-electron chi connectivity index (χ0n) is 7.71. The van der Waals surface area contributed by atoms with E-state index in [4.69, 9.17) is 0 Å². The van der Waals surface area contributed by atoms with Gasteiger partial charge in [-0.15, -0.1) is 0 Å². The van der Waals surface area contributed by atoms with E-state index in [1.165, 1.54) is 25.7 Å². The molecule has 0 spiro atoms. The van der Waals surface area contributed by atoms with Gasteiger partial charge in [0.2, 0.25) is 0 Å². The summed E-state index contributed by atoms with van der Waals surface area (Å²) in [6, 6.07) is 0. The van der Waals surface area contributed by atoms with Crippen LogP contribution in [-0.2, 0) is 0 Å². The molecule has 1 aliphatic rings. The maximum atomic E-state index is 9.50. The fourth-order valence-corrected chi connectivity index (χ4v) is 1.90. The monoisotopic (exact) mass is 156 g/mol. The van der Waals surface area contributed by atoms with Gasteiger partial charge in [0.15, 0.2) is 0 Å². The average Bonchev–Trinajstić information content (AvgIpc) is 2.31. The molecule has 0 aromatic heterocycles. The van der Waals surface area contributed by atoms with Crippen LogP contribution in [0.5, 0.6) is 0 Å². The first-order chi connectivity index (χ1) is 5.20. The van der Waals surface area contributed by atoms with Crippen LogP contribution < -0.4 is 0 Å². The molecule has 1 aliphatic carbocycles. The van der Waals surface area contributed by atoms with E-state index in [0.717, 1.165) is 12.3 Å². The van der Waals surface area contributed by atoms with E-state index >= 15 is 0 Å². The van der Waals surface area contributed by atoms with Crippen LogP contribution in [0, 0.1) is 11.8 Å². The first kappa shape index (κ1) is 9.05. The molecule has 1 N–H and O–H groups in total. The molecule has 0 aliphatic heterocycles. The lowest BCUT2D eigenvalue weighted by atomic mass is 9.95. The fraction of sp³-hybridized carbons (Fsp3) is 1.00. The third-order valence-corrected chi connectivity index (χ3v) is 2.73. The molecule has 1 saturated carbocycles. The van der Waals surface area contributed by atoms with Gasteiger partial charge in [-0.05, 0) is 31.1 Å². The van der Waals surface area contributed by atoms with Gasteiger partial charge >= 0.3 is 0 Å². The Labute approximate surface area is 69.8 Å². The Morgan fingerprint density at radius 1 is 1.36 bits per heavy atom. The van der Waals surface area contributed by atoms with Gasteiger partial charge in [-0.1, -0.05) is 26.7 Å². The zero-order chi connectivity index (χ0) is 8.27. The molecule has 11 heavy (non-hydrogen) atoms. The van der Waals surface area contributed by atoms with Gasteiger partial charge < -0.3 is 5.11 Å². The van der Waals surface area contributed by atoms with Crippen molar-refractivity contribution in [3.8, 4) is 0 Å². The minimum Gasteiger partial charge on any atom is -0.393 e. The van der Waals surface area contributed by atoms with E-state index in [0.29, 0.717) is 5.92 Å². The van der Waals surface area contributed by atoms with Crippen LogP contribution in [0.15, 0.2) is 0 Å². The molecule has 2 atom stereocenters. The fourth-order valence-electron chi connectivity index (χ4n) is 1.90. The normalized spacial score (nSPS) is 31.6. The third-order valence-electron chi connectivity index (χ3n) is 2.73. The first-order valence-electron chi connectivity index (χ1n) is 4.88. The van der Waals surface area contributed by atoms with E-state index in [1.54, 1.807) is 0 Å². The minimum absolute atomic E-state index is 0.0220. The lowest BCUT2D eigenvalue weighted by Crippen LogP contribution is -2.13. The highest BCUT2D eigenvalue weighted by Crippen LogP contribution is 2.30. The van der Waals surface area contributed by atoms with E-state index < -0.39 is 0 Å². The highest BCUT2D eigenvalue weighted by molar-refractivity contribution is 4.76. The molecule has 0 aromatic rings. The number of hydrogen-bond donors (Lipinski definition) is 1. The number of aliphatic hydroxyl groups is 1. The van der Waals surface area contributed by atoms with Crippen molar-refractivity contribution in [2.24, 2.45) is 11.8 Å². The van der Waals surface area contributed by atoms with Gasteiger partial charge in [-0.2, -0.15) is 0 Å². The molecule has 1 rings (SSSR count). The summed E-state index contributed by atoms with van der Waals surface area (Å²) >= 11 is 0. The Hall–Kier alpha value is -0.0400. The molecule has 0 heterocycles. The van der Waals surface area contributed by atoms with Crippen LogP contribution in [-0.4, -0.2) is 11.2 Å². The van der Waals surface area contributed by atoms with Gasteiger partial charge in [0.05, 0.1) is 6.10 Å². The second kappa shape index (κ2) is 4.10. The van der Waals surface area contributed by atoms with Crippen molar-refractivity contribution in [1.82, 2.24) is 0 Å². The van der Waals surface area contributed by atoms with Crippen LogP contribution in [0.25, 0.3) is 0 Å². The predicted molar refractivity (Wildman–Crippen MR) is 47.4 cm³/mol. The topological polar surface area (TPSA) is 20.2 Å². The second-order valence-corrected chi connectivity index (χ2v) is 4.23. The van der Waals surface area contributed by atoms with E-state index in [-0.39, 0.29) is 6.10 Å². The summed E-state index contributed by atoms with van der Waals surface area (Å²) < 4.78 is 0. The minimum atomic E-state index is 0.0220. The Bertz CT molecular complexity index is 109. The van der Waals surface area contributed by atoms with Crippen molar-refractivity contribution in [2.75, 3.05) is 0 Å². The summed E-state index contributed by atoms with van der Waals surface area (Å²) in [5, 5.41) is 9.50. The van der Waals surface area contributed by atoms with Crippen molar-refractivity contribution >= 4 is 0 Å². The first-order valence-corrected chi connectivity index (χ1v) is 4.88. The van der Waals surface area contributed by atoms with Crippen molar-refractivity contribution in [1.29, 1.82) is 0 Å². The lowest BCUT2D eigenvalue weighted by molar-refractivity contribution is 0.124. The third kappa shape index (κ3) is 2.82. The van der Waals surface area contributed by atoms with Crippen LogP contribution >= 0.6 is 0 Å². The molecule has 2 unspecified atom stereocenters. The highest BCUT2D eigenvalue weighted by Gasteiger charge is 2.24. The molecule has 0 aromatic carbocycles. The zero-order valence-corrected chi connectivity index (χ0v) is 7.71. The maximum absolute atomic E-state index is 9.50. The summed E-state index contributed by atoms with van der Waals surface area (Å²) in [7, 11) is 0.